The molecule has 0 amide bonds. The first-order chi connectivity index (χ1) is 7.84. The lowest BCUT2D eigenvalue weighted by atomic mass is 10.2. The summed E-state index contributed by atoms with van der Waals surface area (Å²) in [6, 6.07) is 8.18. The standard InChI is InChI=1S/C13H17NOS/c1-11-4-2-5-12(10-11)15-8-9-16-13-6-3-7-14-13/h2,4-5,10H,3,6-9H2,1H3. The van der Waals surface area contributed by atoms with Gasteiger partial charge in [0, 0.05) is 12.3 Å². The topological polar surface area (TPSA) is 21.6 Å². The van der Waals surface area contributed by atoms with Crippen LogP contribution in [-0.4, -0.2) is 23.9 Å². The van der Waals surface area contributed by atoms with Crippen LogP contribution in [0.2, 0.25) is 0 Å². The van der Waals surface area contributed by atoms with Crippen LogP contribution in [0.1, 0.15) is 18.4 Å². The molecule has 1 aliphatic heterocycles. The molecule has 0 saturated carbocycles. The molecule has 16 heavy (non-hydrogen) atoms. The highest BCUT2D eigenvalue weighted by atomic mass is 32.2. The first-order valence-electron chi connectivity index (χ1n) is 5.70. The normalized spacial score (nSPS) is 14.9. The van der Waals surface area contributed by atoms with Crippen LogP contribution in [-0.2, 0) is 0 Å². The van der Waals surface area contributed by atoms with E-state index < -0.39 is 0 Å². The number of thioether (sulfide) groups is 1. The van der Waals surface area contributed by atoms with Gasteiger partial charge >= 0.3 is 0 Å². The summed E-state index contributed by atoms with van der Waals surface area (Å²) < 4.78 is 5.67. The summed E-state index contributed by atoms with van der Waals surface area (Å²) >= 11 is 1.83. The zero-order valence-electron chi connectivity index (χ0n) is 9.61. The minimum Gasteiger partial charge on any atom is -0.493 e. The van der Waals surface area contributed by atoms with Gasteiger partial charge in [0.25, 0.3) is 0 Å². The Balaban J connectivity index is 1.68. The number of hydrogen-bond donors (Lipinski definition) is 0. The van der Waals surface area contributed by atoms with Crippen molar-refractivity contribution in [1.29, 1.82) is 0 Å². The molecule has 1 aliphatic rings. The summed E-state index contributed by atoms with van der Waals surface area (Å²) in [5.41, 5.74) is 1.24. The fourth-order valence-electron chi connectivity index (χ4n) is 1.66. The van der Waals surface area contributed by atoms with Gasteiger partial charge in [-0.15, -0.1) is 11.8 Å². The van der Waals surface area contributed by atoms with Gasteiger partial charge < -0.3 is 4.74 Å². The molecule has 86 valence electrons. The van der Waals surface area contributed by atoms with Crippen molar-refractivity contribution in [2.75, 3.05) is 18.9 Å². The Morgan fingerprint density at radius 1 is 1.44 bits per heavy atom. The van der Waals surface area contributed by atoms with Gasteiger partial charge in [-0.3, -0.25) is 4.99 Å². The summed E-state index contributed by atoms with van der Waals surface area (Å²) in [7, 11) is 0. The average molecular weight is 235 g/mol. The lowest BCUT2D eigenvalue weighted by Crippen LogP contribution is -2.02. The second-order valence-corrected chi connectivity index (χ2v) is 5.06. The van der Waals surface area contributed by atoms with Gasteiger partial charge in [-0.05, 0) is 37.5 Å². The lowest BCUT2D eigenvalue weighted by Gasteiger charge is -2.06. The number of aryl methyl sites for hydroxylation is 1. The minimum atomic E-state index is 0.757. The smallest absolute Gasteiger partial charge is 0.119 e. The maximum Gasteiger partial charge on any atom is 0.119 e. The number of aliphatic imine (C=N–C) groups is 1. The van der Waals surface area contributed by atoms with Gasteiger partial charge in [0.1, 0.15) is 5.75 Å². The van der Waals surface area contributed by atoms with Gasteiger partial charge in [0.05, 0.1) is 11.7 Å². The van der Waals surface area contributed by atoms with E-state index in [9.17, 15) is 0 Å². The monoisotopic (exact) mass is 235 g/mol. The quantitative estimate of drug-likeness (QED) is 0.747. The second kappa shape index (κ2) is 5.94. The molecular weight excluding hydrogens is 218 g/mol. The first kappa shape index (κ1) is 11.5. The number of rotatable bonds is 4. The van der Waals surface area contributed by atoms with Gasteiger partial charge in [0.15, 0.2) is 0 Å². The van der Waals surface area contributed by atoms with Crippen molar-refractivity contribution in [2.24, 2.45) is 4.99 Å². The van der Waals surface area contributed by atoms with Gasteiger partial charge in [-0.1, -0.05) is 12.1 Å². The van der Waals surface area contributed by atoms with Crippen molar-refractivity contribution < 1.29 is 4.74 Å². The van der Waals surface area contributed by atoms with Crippen LogP contribution in [0.15, 0.2) is 29.3 Å². The van der Waals surface area contributed by atoms with E-state index in [1.807, 2.05) is 23.9 Å². The predicted molar refractivity (Wildman–Crippen MR) is 70.7 cm³/mol. The molecule has 0 radical (unpaired) electrons. The molecule has 0 bridgehead atoms. The Morgan fingerprint density at radius 3 is 3.12 bits per heavy atom. The van der Waals surface area contributed by atoms with Crippen LogP contribution in [0.5, 0.6) is 5.75 Å². The van der Waals surface area contributed by atoms with Crippen molar-refractivity contribution in [1.82, 2.24) is 0 Å². The second-order valence-electron chi connectivity index (χ2n) is 3.89. The molecule has 0 unspecified atom stereocenters. The van der Waals surface area contributed by atoms with Crippen molar-refractivity contribution in [3.8, 4) is 5.75 Å². The highest BCUT2D eigenvalue weighted by Crippen LogP contribution is 2.17. The summed E-state index contributed by atoms with van der Waals surface area (Å²) in [4.78, 5) is 4.42. The molecule has 1 aromatic rings. The van der Waals surface area contributed by atoms with E-state index in [1.165, 1.54) is 17.0 Å². The van der Waals surface area contributed by atoms with Gasteiger partial charge in [-0.2, -0.15) is 0 Å². The third-order valence-corrected chi connectivity index (χ3v) is 3.48. The van der Waals surface area contributed by atoms with Crippen molar-refractivity contribution in [3.63, 3.8) is 0 Å². The predicted octanol–water partition coefficient (Wildman–Crippen LogP) is 3.30. The number of ether oxygens (including phenoxy) is 1. The van der Waals surface area contributed by atoms with E-state index in [4.69, 9.17) is 4.74 Å². The molecule has 0 aliphatic carbocycles. The van der Waals surface area contributed by atoms with Crippen LogP contribution in [0.4, 0.5) is 0 Å². The minimum absolute atomic E-state index is 0.757. The largest absolute Gasteiger partial charge is 0.493 e. The Kier molecular flexibility index (Phi) is 4.28. The van der Waals surface area contributed by atoms with Crippen molar-refractivity contribution in [3.05, 3.63) is 29.8 Å². The van der Waals surface area contributed by atoms with Gasteiger partial charge in [0.2, 0.25) is 0 Å². The zero-order chi connectivity index (χ0) is 11.2. The molecule has 1 heterocycles. The fourth-order valence-corrected chi connectivity index (χ4v) is 2.53. The molecule has 0 N–H and O–H groups in total. The molecule has 2 rings (SSSR count). The van der Waals surface area contributed by atoms with E-state index in [0.717, 1.165) is 31.1 Å². The Morgan fingerprint density at radius 2 is 2.38 bits per heavy atom. The SMILES string of the molecule is Cc1cccc(OCCSC2=NCCC2)c1. The molecule has 0 spiro atoms. The van der Waals surface area contributed by atoms with E-state index in [1.54, 1.807) is 0 Å². The number of nitrogens with zero attached hydrogens (tertiary/aromatic N) is 1. The summed E-state index contributed by atoms with van der Waals surface area (Å²) in [6.45, 7) is 3.85. The van der Waals surface area contributed by atoms with Crippen molar-refractivity contribution >= 4 is 16.8 Å². The maximum absolute atomic E-state index is 5.67. The molecule has 2 nitrogen and oxygen atoms in total. The van der Waals surface area contributed by atoms with Crippen LogP contribution < -0.4 is 4.74 Å². The molecule has 3 heteroatoms. The molecule has 0 saturated heterocycles. The lowest BCUT2D eigenvalue weighted by molar-refractivity contribution is 0.344. The summed E-state index contributed by atoms with van der Waals surface area (Å²) in [6.07, 6.45) is 2.39. The number of hydrogen-bond acceptors (Lipinski definition) is 3. The first-order valence-corrected chi connectivity index (χ1v) is 6.69. The van der Waals surface area contributed by atoms with E-state index in [2.05, 4.69) is 24.0 Å². The molecule has 0 aromatic heterocycles. The average Bonchev–Trinajstić information content (AvgIpc) is 2.77. The Labute approximate surface area is 101 Å². The van der Waals surface area contributed by atoms with Crippen LogP contribution >= 0.6 is 11.8 Å². The van der Waals surface area contributed by atoms with Crippen LogP contribution in [0.3, 0.4) is 0 Å². The van der Waals surface area contributed by atoms with E-state index in [0.29, 0.717) is 0 Å². The fraction of sp³-hybridized carbons (Fsp3) is 0.462. The Hall–Kier alpha value is -0.960. The summed E-state index contributed by atoms with van der Waals surface area (Å²) in [5, 5.41) is 1.30. The van der Waals surface area contributed by atoms with E-state index in [-0.39, 0.29) is 0 Å². The summed E-state index contributed by atoms with van der Waals surface area (Å²) in [5.74, 6) is 1.96. The highest BCUT2D eigenvalue weighted by molar-refractivity contribution is 8.13. The molecular formula is C13H17NOS. The molecule has 1 aromatic carbocycles. The van der Waals surface area contributed by atoms with Crippen molar-refractivity contribution in [2.45, 2.75) is 19.8 Å². The molecule has 0 atom stereocenters. The maximum atomic E-state index is 5.67. The van der Waals surface area contributed by atoms with Gasteiger partial charge in [-0.25, -0.2) is 0 Å². The number of benzene rings is 1. The van der Waals surface area contributed by atoms with Crippen LogP contribution in [0.25, 0.3) is 0 Å². The van der Waals surface area contributed by atoms with E-state index >= 15 is 0 Å². The highest BCUT2D eigenvalue weighted by Gasteiger charge is 2.06. The third kappa shape index (κ3) is 3.56. The van der Waals surface area contributed by atoms with Crippen LogP contribution in [0, 0.1) is 6.92 Å². The third-order valence-electron chi connectivity index (χ3n) is 2.45. The zero-order valence-corrected chi connectivity index (χ0v) is 10.4. The Bertz CT molecular complexity index is 376. The molecule has 0 fully saturated rings.